The number of carbonyl (C=O) groups is 1. The number of aromatic nitrogens is 3. The van der Waals surface area contributed by atoms with Crippen LogP contribution in [0.4, 0.5) is 0 Å². The second kappa shape index (κ2) is 7.17. The molecular formula is C17H24N4O3. The molecule has 0 saturated heterocycles. The van der Waals surface area contributed by atoms with Crippen molar-refractivity contribution in [2.75, 3.05) is 13.7 Å². The topological polar surface area (TPSA) is 82.2 Å². The normalized spacial score (nSPS) is 17.1. The van der Waals surface area contributed by atoms with Gasteiger partial charge in [-0.1, -0.05) is 19.0 Å². The van der Waals surface area contributed by atoms with Crippen LogP contribution in [0.2, 0.25) is 0 Å². The van der Waals surface area contributed by atoms with Crippen molar-refractivity contribution in [1.29, 1.82) is 0 Å². The number of fused-ring (bicyclic) bond motifs is 1. The van der Waals surface area contributed by atoms with Crippen molar-refractivity contribution in [3.8, 4) is 0 Å². The van der Waals surface area contributed by atoms with Gasteiger partial charge in [-0.05, 0) is 30.7 Å². The second-order valence-electron chi connectivity index (χ2n) is 6.48. The Kier molecular flexibility index (Phi) is 4.99. The molecule has 3 rings (SSSR count). The predicted octanol–water partition coefficient (Wildman–Crippen LogP) is 2.45. The lowest BCUT2D eigenvalue weighted by molar-refractivity contribution is 0.0894. The van der Waals surface area contributed by atoms with Gasteiger partial charge in [-0.2, -0.15) is 5.10 Å². The largest absolute Gasteiger partial charge is 0.383 e. The number of ether oxygens (including phenoxy) is 1. The minimum absolute atomic E-state index is 0.0855. The van der Waals surface area contributed by atoms with E-state index in [1.807, 2.05) is 18.5 Å². The van der Waals surface area contributed by atoms with Crippen LogP contribution in [0.15, 0.2) is 16.8 Å². The maximum atomic E-state index is 12.4. The number of hydrogen-bond acceptors (Lipinski definition) is 5. The zero-order valence-electron chi connectivity index (χ0n) is 14.4. The smallest absolute Gasteiger partial charge is 0.290 e. The van der Waals surface area contributed by atoms with E-state index in [2.05, 4.69) is 21.8 Å². The summed E-state index contributed by atoms with van der Waals surface area (Å²) in [4.78, 5) is 12.4. The average molecular weight is 332 g/mol. The highest BCUT2D eigenvalue weighted by molar-refractivity contribution is 5.91. The highest BCUT2D eigenvalue weighted by Gasteiger charge is 2.27. The van der Waals surface area contributed by atoms with E-state index >= 15 is 0 Å². The van der Waals surface area contributed by atoms with Crippen molar-refractivity contribution in [3.63, 3.8) is 0 Å². The molecule has 2 aromatic rings. The molecule has 0 unspecified atom stereocenters. The molecule has 0 aliphatic heterocycles. The third-order valence-electron chi connectivity index (χ3n) is 4.31. The van der Waals surface area contributed by atoms with Crippen molar-refractivity contribution in [2.45, 2.75) is 51.6 Å². The molecule has 0 fully saturated rings. The van der Waals surface area contributed by atoms with E-state index in [0.29, 0.717) is 13.2 Å². The summed E-state index contributed by atoms with van der Waals surface area (Å²) in [5.41, 5.74) is 2.94. The predicted molar refractivity (Wildman–Crippen MR) is 87.8 cm³/mol. The standard InChI is InChI=1S/C17H24N4O3/c1-11(2)14-9-15(24-20-14)17(22)18-13-6-4-5-12-10-21(7-8-23-3)19-16(12)13/h9-11,13H,4-8H2,1-3H3,(H,18,22)/t13-/m0/s1. The second-order valence-corrected chi connectivity index (χ2v) is 6.48. The van der Waals surface area contributed by atoms with Gasteiger partial charge < -0.3 is 14.6 Å². The third-order valence-corrected chi connectivity index (χ3v) is 4.31. The summed E-state index contributed by atoms with van der Waals surface area (Å²) in [6.45, 7) is 5.36. The molecule has 1 N–H and O–H groups in total. The number of nitrogens with zero attached hydrogens (tertiary/aromatic N) is 3. The molecule has 2 aromatic heterocycles. The molecule has 7 nitrogen and oxygen atoms in total. The molecular weight excluding hydrogens is 308 g/mol. The van der Waals surface area contributed by atoms with Crippen molar-refractivity contribution in [2.24, 2.45) is 0 Å². The highest BCUT2D eigenvalue weighted by atomic mass is 16.5. The van der Waals surface area contributed by atoms with E-state index in [1.54, 1.807) is 13.2 Å². The summed E-state index contributed by atoms with van der Waals surface area (Å²) in [6.07, 6.45) is 4.96. The Labute approximate surface area is 141 Å². The fourth-order valence-corrected chi connectivity index (χ4v) is 2.93. The van der Waals surface area contributed by atoms with Crippen LogP contribution in [-0.4, -0.2) is 34.6 Å². The van der Waals surface area contributed by atoms with Crippen LogP contribution in [-0.2, 0) is 17.7 Å². The van der Waals surface area contributed by atoms with Crippen LogP contribution >= 0.6 is 0 Å². The highest BCUT2D eigenvalue weighted by Crippen LogP contribution is 2.29. The van der Waals surface area contributed by atoms with Gasteiger partial charge in [0, 0.05) is 19.4 Å². The van der Waals surface area contributed by atoms with Crippen molar-refractivity contribution < 1.29 is 14.1 Å². The molecule has 7 heteroatoms. The summed E-state index contributed by atoms with van der Waals surface area (Å²) < 4.78 is 12.2. The first-order valence-corrected chi connectivity index (χ1v) is 8.41. The first-order chi connectivity index (χ1) is 11.6. The number of methoxy groups -OCH3 is 1. The van der Waals surface area contributed by atoms with Crippen LogP contribution in [0, 0.1) is 0 Å². The molecule has 0 bridgehead atoms. The van der Waals surface area contributed by atoms with E-state index in [0.717, 1.165) is 30.7 Å². The molecule has 0 spiro atoms. The number of amides is 1. The monoisotopic (exact) mass is 332 g/mol. The fourth-order valence-electron chi connectivity index (χ4n) is 2.93. The molecule has 1 atom stereocenters. The van der Waals surface area contributed by atoms with Gasteiger partial charge in [0.1, 0.15) is 0 Å². The quantitative estimate of drug-likeness (QED) is 0.878. The Hall–Kier alpha value is -2.15. The van der Waals surface area contributed by atoms with E-state index < -0.39 is 0 Å². The number of hydrogen-bond donors (Lipinski definition) is 1. The average Bonchev–Trinajstić information content (AvgIpc) is 3.20. The molecule has 0 aromatic carbocycles. The maximum absolute atomic E-state index is 12.4. The van der Waals surface area contributed by atoms with Gasteiger partial charge in [0.15, 0.2) is 0 Å². The summed E-state index contributed by atoms with van der Waals surface area (Å²) in [6, 6.07) is 1.62. The van der Waals surface area contributed by atoms with E-state index in [-0.39, 0.29) is 23.6 Å². The lowest BCUT2D eigenvalue weighted by atomic mass is 9.93. The Morgan fingerprint density at radius 3 is 3.08 bits per heavy atom. The maximum Gasteiger partial charge on any atom is 0.290 e. The number of rotatable bonds is 6. The molecule has 1 amide bonds. The van der Waals surface area contributed by atoms with Gasteiger partial charge >= 0.3 is 0 Å². The lowest BCUT2D eigenvalue weighted by Gasteiger charge is -2.21. The molecule has 24 heavy (non-hydrogen) atoms. The summed E-state index contributed by atoms with van der Waals surface area (Å²) in [5, 5.41) is 11.6. The van der Waals surface area contributed by atoms with Crippen LogP contribution in [0.3, 0.4) is 0 Å². The first kappa shape index (κ1) is 16.7. The molecule has 0 saturated carbocycles. The third kappa shape index (κ3) is 3.51. The SMILES string of the molecule is COCCn1cc2c(n1)[C@@H](NC(=O)c1cc(C(C)C)no1)CCC2. The van der Waals surface area contributed by atoms with E-state index in [4.69, 9.17) is 9.26 Å². The summed E-state index contributed by atoms with van der Waals surface area (Å²) in [7, 11) is 1.68. The van der Waals surface area contributed by atoms with Crippen molar-refractivity contribution >= 4 is 5.91 Å². The van der Waals surface area contributed by atoms with Gasteiger partial charge in [0.25, 0.3) is 5.91 Å². The molecule has 2 heterocycles. The van der Waals surface area contributed by atoms with Gasteiger partial charge in [-0.25, -0.2) is 0 Å². The Balaban J connectivity index is 1.71. The van der Waals surface area contributed by atoms with E-state index in [1.165, 1.54) is 5.56 Å². The minimum atomic E-state index is -0.237. The Morgan fingerprint density at radius 2 is 2.38 bits per heavy atom. The minimum Gasteiger partial charge on any atom is -0.383 e. The Morgan fingerprint density at radius 1 is 1.54 bits per heavy atom. The van der Waals surface area contributed by atoms with Gasteiger partial charge in [0.05, 0.1) is 30.6 Å². The number of nitrogens with one attached hydrogen (secondary N) is 1. The van der Waals surface area contributed by atoms with Gasteiger partial charge in [-0.15, -0.1) is 0 Å². The number of aryl methyl sites for hydroxylation is 1. The van der Waals surface area contributed by atoms with Gasteiger partial charge in [0.2, 0.25) is 5.76 Å². The van der Waals surface area contributed by atoms with Crippen LogP contribution in [0.1, 0.15) is 66.2 Å². The molecule has 130 valence electrons. The van der Waals surface area contributed by atoms with Crippen molar-refractivity contribution in [1.82, 2.24) is 20.3 Å². The Bertz CT molecular complexity index is 705. The van der Waals surface area contributed by atoms with Crippen LogP contribution in [0.25, 0.3) is 0 Å². The number of carbonyl (C=O) groups excluding carboxylic acids is 1. The van der Waals surface area contributed by atoms with E-state index in [9.17, 15) is 4.79 Å². The molecule has 1 aliphatic rings. The fraction of sp³-hybridized carbons (Fsp3) is 0.588. The summed E-state index contributed by atoms with van der Waals surface area (Å²) in [5.74, 6) is 0.247. The zero-order valence-corrected chi connectivity index (χ0v) is 14.4. The van der Waals surface area contributed by atoms with Crippen LogP contribution in [0.5, 0.6) is 0 Å². The first-order valence-electron chi connectivity index (χ1n) is 8.41. The molecule has 0 radical (unpaired) electrons. The zero-order chi connectivity index (χ0) is 17.1. The van der Waals surface area contributed by atoms with Gasteiger partial charge in [-0.3, -0.25) is 9.48 Å². The summed E-state index contributed by atoms with van der Waals surface area (Å²) >= 11 is 0. The van der Waals surface area contributed by atoms with Crippen molar-refractivity contribution in [3.05, 3.63) is 35.0 Å². The lowest BCUT2D eigenvalue weighted by Crippen LogP contribution is -2.31. The van der Waals surface area contributed by atoms with Crippen LogP contribution < -0.4 is 5.32 Å². The molecule has 1 aliphatic carbocycles.